The van der Waals surface area contributed by atoms with Gasteiger partial charge in [-0.1, -0.05) is 4.68 Å². The van der Waals surface area contributed by atoms with Crippen molar-refractivity contribution in [1.29, 1.82) is 5.26 Å². The number of aromatic nitrogens is 3. The number of anilines is 3. The van der Waals surface area contributed by atoms with Crippen LogP contribution in [0, 0.1) is 11.3 Å². The highest BCUT2D eigenvalue weighted by Crippen LogP contribution is 2.41. The molecule has 0 aliphatic carbocycles. The Kier molecular flexibility index (Phi) is 5.13. The van der Waals surface area contributed by atoms with E-state index >= 15 is 0 Å². The number of nitriles is 1. The molecule has 8 N–H and O–H groups in total. The number of benzene rings is 1. The monoisotopic (exact) mass is 487 g/mol. The van der Waals surface area contributed by atoms with Gasteiger partial charge in [0.2, 0.25) is 10.0 Å². The fraction of sp³-hybridized carbons (Fsp3) is 0.0556. The van der Waals surface area contributed by atoms with Crippen LogP contribution >= 0.6 is 11.3 Å². The van der Waals surface area contributed by atoms with Gasteiger partial charge < -0.3 is 16.8 Å². The Labute approximate surface area is 189 Å². The third kappa shape index (κ3) is 3.67. The first-order valence-corrected chi connectivity index (χ1v) is 11.3. The van der Waals surface area contributed by atoms with Crippen molar-refractivity contribution < 1.29 is 22.4 Å². The van der Waals surface area contributed by atoms with Gasteiger partial charge in [-0.15, -0.1) is 11.3 Å². The number of carbonyl (C=O) groups excluding carboxylic acids is 1. The number of amides is 1. The van der Waals surface area contributed by atoms with Gasteiger partial charge >= 0.3 is 11.3 Å². The van der Waals surface area contributed by atoms with E-state index in [0.717, 1.165) is 11.3 Å². The molecule has 33 heavy (non-hydrogen) atoms. The molecule has 15 heteroatoms. The Balaban J connectivity index is 1.85. The average Bonchev–Trinajstić information content (AvgIpc) is 3.25. The normalized spacial score (nSPS) is 11.4. The largest absolute Gasteiger partial charge is 0.435 e. The van der Waals surface area contributed by atoms with Crippen LogP contribution in [0.2, 0.25) is 0 Å². The van der Waals surface area contributed by atoms with E-state index in [4.69, 9.17) is 21.1 Å². The van der Waals surface area contributed by atoms with Gasteiger partial charge in [0, 0.05) is 5.69 Å². The highest BCUT2D eigenvalue weighted by atomic mass is 32.2. The summed E-state index contributed by atoms with van der Waals surface area (Å²) in [4.78, 5) is 29.5. The second-order valence-corrected chi connectivity index (χ2v) is 9.36. The molecule has 4 aromatic rings. The number of nitrogens with zero attached hydrogens (tertiary/aromatic N) is 3. The third-order valence-electron chi connectivity index (χ3n) is 4.70. The van der Waals surface area contributed by atoms with Crippen LogP contribution in [-0.4, -0.2) is 24.6 Å². The SMILES string of the molecule is C[n+]1[nH]oc(=O)c1-c1c(C#N)c(N)nc2sc(C(=O)Nc3ccc(S(N)(=O)=O)cc3)c(N)c12. The van der Waals surface area contributed by atoms with Crippen LogP contribution in [0.25, 0.3) is 21.5 Å². The molecular weight excluding hydrogens is 472 g/mol. The number of hydrogen-bond donors (Lipinski definition) is 5. The summed E-state index contributed by atoms with van der Waals surface area (Å²) < 4.78 is 28.8. The summed E-state index contributed by atoms with van der Waals surface area (Å²) in [5.41, 5.74) is 11.7. The first-order valence-electron chi connectivity index (χ1n) is 8.96. The first-order chi connectivity index (χ1) is 15.5. The number of thiophene rings is 1. The van der Waals surface area contributed by atoms with Crippen LogP contribution in [0.1, 0.15) is 15.2 Å². The van der Waals surface area contributed by atoms with Crippen molar-refractivity contribution in [2.45, 2.75) is 4.90 Å². The number of aryl methyl sites for hydroxylation is 1. The molecule has 0 bridgehead atoms. The van der Waals surface area contributed by atoms with E-state index in [2.05, 4.69) is 15.6 Å². The van der Waals surface area contributed by atoms with Gasteiger partial charge in [0.05, 0.1) is 21.5 Å². The van der Waals surface area contributed by atoms with E-state index in [9.17, 15) is 23.3 Å². The summed E-state index contributed by atoms with van der Waals surface area (Å²) in [5.74, 6) is -0.764. The summed E-state index contributed by atoms with van der Waals surface area (Å²) >= 11 is 0.910. The highest BCUT2D eigenvalue weighted by molar-refractivity contribution is 7.89. The molecule has 0 atom stereocenters. The number of rotatable bonds is 4. The maximum atomic E-state index is 12.9. The van der Waals surface area contributed by atoms with Crippen LogP contribution < -0.4 is 32.2 Å². The maximum absolute atomic E-state index is 12.9. The van der Waals surface area contributed by atoms with Crippen molar-refractivity contribution in [1.82, 2.24) is 10.3 Å². The molecule has 4 rings (SSSR count). The van der Waals surface area contributed by atoms with Crippen LogP contribution in [0.15, 0.2) is 38.5 Å². The zero-order chi connectivity index (χ0) is 24.1. The smallest absolute Gasteiger partial charge is 0.397 e. The summed E-state index contributed by atoms with van der Waals surface area (Å²) in [6, 6.07) is 7.12. The maximum Gasteiger partial charge on any atom is 0.435 e. The average molecular weight is 488 g/mol. The Morgan fingerprint density at radius 2 is 1.97 bits per heavy atom. The second kappa shape index (κ2) is 7.70. The predicted octanol–water partition coefficient (Wildman–Crippen LogP) is 0.00488. The van der Waals surface area contributed by atoms with Gasteiger partial charge in [-0.2, -0.15) is 5.26 Å². The van der Waals surface area contributed by atoms with Crippen molar-refractivity contribution in [2.24, 2.45) is 12.2 Å². The van der Waals surface area contributed by atoms with Gasteiger partial charge in [0.15, 0.2) is 7.05 Å². The predicted molar refractivity (Wildman–Crippen MR) is 118 cm³/mol. The Hall–Kier alpha value is -4.26. The number of nitrogens with one attached hydrogen (secondary N) is 2. The minimum Gasteiger partial charge on any atom is -0.397 e. The first kappa shape index (κ1) is 22.0. The van der Waals surface area contributed by atoms with E-state index < -0.39 is 21.6 Å². The minimum absolute atomic E-state index is 0.0201. The van der Waals surface area contributed by atoms with E-state index in [0.29, 0.717) is 0 Å². The zero-order valence-electron chi connectivity index (χ0n) is 16.7. The second-order valence-electron chi connectivity index (χ2n) is 6.80. The molecule has 0 spiro atoms. The zero-order valence-corrected chi connectivity index (χ0v) is 18.4. The lowest BCUT2D eigenvalue weighted by molar-refractivity contribution is -0.730. The van der Waals surface area contributed by atoms with Crippen LogP contribution in [0.4, 0.5) is 17.2 Å². The van der Waals surface area contributed by atoms with E-state index in [1.807, 2.05) is 6.07 Å². The molecule has 0 aliphatic rings. The number of carbonyl (C=O) groups is 1. The number of H-pyrrole nitrogens is 1. The van der Waals surface area contributed by atoms with Crippen molar-refractivity contribution in [3.63, 3.8) is 0 Å². The topological polar surface area (TPSA) is 228 Å². The number of aromatic amines is 1. The Bertz CT molecular complexity index is 1640. The molecule has 1 amide bonds. The lowest BCUT2D eigenvalue weighted by Gasteiger charge is -2.06. The Morgan fingerprint density at radius 3 is 2.52 bits per heavy atom. The highest BCUT2D eigenvalue weighted by Gasteiger charge is 2.32. The van der Waals surface area contributed by atoms with Crippen LogP contribution in [0.3, 0.4) is 0 Å². The molecule has 0 unspecified atom stereocenters. The third-order valence-corrected chi connectivity index (χ3v) is 6.73. The molecule has 0 saturated carbocycles. The fourth-order valence-electron chi connectivity index (χ4n) is 3.22. The molecular formula is C18H15N8O5S2+. The summed E-state index contributed by atoms with van der Waals surface area (Å²) in [6.45, 7) is 0. The molecule has 3 aromatic heterocycles. The van der Waals surface area contributed by atoms with Crippen LogP contribution in [0.5, 0.6) is 0 Å². The fourth-order valence-corrected chi connectivity index (χ4v) is 4.74. The van der Waals surface area contributed by atoms with Gasteiger partial charge in [-0.25, -0.2) is 23.3 Å². The number of nitrogens with two attached hydrogens (primary N) is 3. The molecule has 3 heterocycles. The molecule has 168 valence electrons. The van der Waals surface area contributed by atoms with Gasteiger partial charge in [0.1, 0.15) is 27.2 Å². The number of primary sulfonamides is 1. The molecule has 0 aliphatic heterocycles. The molecule has 0 fully saturated rings. The number of sulfonamides is 1. The standard InChI is InChI=1S/C18H14N8O5S2/c1-26-13(18(28)31-25-26)10-9(6-19)15(21)24-17-11(10)12(20)14(32-17)16(27)23-7-2-4-8(5-3-7)33(22,29)30/h2-5H,1H3,(H7-,20,21,22,23,24,25,27,28,29,30)/p+1. The van der Waals surface area contributed by atoms with Gasteiger partial charge in [0.25, 0.3) is 5.91 Å². The van der Waals surface area contributed by atoms with Gasteiger partial charge in [-0.05, 0) is 29.5 Å². The van der Waals surface area contributed by atoms with Crippen molar-refractivity contribution in [2.75, 3.05) is 16.8 Å². The summed E-state index contributed by atoms with van der Waals surface area (Å²) in [6.07, 6.45) is 0. The van der Waals surface area contributed by atoms with Crippen LogP contribution in [-0.2, 0) is 17.1 Å². The molecule has 0 saturated heterocycles. The van der Waals surface area contributed by atoms with Crippen molar-refractivity contribution >= 4 is 54.7 Å². The summed E-state index contributed by atoms with van der Waals surface area (Å²) in [7, 11) is -2.39. The quantitative estimate of drug-likeness (QED) is 0.244. The lowest BCUT2D eigenvalue weighted by atomic mass is 10.0. The number of fused-ring (bicyclic) bond motifs is 1. The van der Waals surface area contributed by atoms with Gasteiger partial charge in [-0.3, -0.25) is 9.32 Å². The van der Waals surface area contributed by atoms with E-state index in [1.165, 1.54) is 36.0 Å². The van der Waals surface area contributed by atoms with E-state index in [1.54, 1.807) is 0 Å². The lowest BCUT2D eigenvalue weighted by Crippen LogP contribution is -2.34. The Morgan fingerprint density at radius 1 is 1.30 bits per heavy atom. The summed E-state index contributed by atoms with van der Waals surface area (Å²) in [5, 5.41) is 19.9. The number of nitrogen functional groups attached to an aromatic ring is 2. The minimum atomic E-state index is -3.88. The van der Waals surface area contributed by atoms with Crippen molar-refractivity contribution in [3.8, 4) is 17.3 Å². The molecule has 13 nitrogen and oxygen atoms in total. The number of pyridine rings is 1. The van der Waals surface area contributed by atoms with E-state index in [-0.39, 0.29) is 54.0 Å². The molecule has 0 radical (unpaired) electrons. The molecule has 1 aromatic carbocycles. The van der Waals surface area contributed by atoms with Crippen molar-refractivity contribution in [3.05, 3.63) is 45.1 Å². The number of hydrogen-bond acceptors (Lipinski definition) is 10.